The van der Waals surface area contributed by atoms with Gasteiger partial charge in [0.05, 0.1) is 13.0 Å². The SMILES string of the molecule is COc1ccc([C@H](C#Cc2ccccc2)[C@H](CO)CC2CCCCC2)cc1. The van der Waals surface area contributed by atoms with Crippen LogP contribution in [0.15, 0.2) is 54.6 Å². The minimum Gasteiger partial charge on any atom is -0.497 e. The van der Waals surface area contributed by atoms with Crippen LogP contribution in [0.2, 0.25) is 0 Å². The van der Waals surface area contributed by atoms with Crippen LogP contribution in [-0.2, 0) is 0 Å². The molecule has 0 heterocycles. The molecule has 0 aromatic heterocycles. The molecule has 2 aromatic rings. The van der Waals surface area contributed by atoms with E-state index in [1.54, 1.807) is 7.11 Å². The lowest BCUT2D eigenvalue weighted by atomic mass is 9.76. The normalized spacial score (nSPS) is 16.8. The molecule has 2 nitrogen and oxygen atoms in total. The summed E-state index contributed by atoms with van der Waals surface area (Å²) in [6, 6.07) is 18.3. The predicted molar refractivity (Wildman–Crippen MR) is 111 cm³/mol. The van der Waals surface area contributed by atoms with Crippen molar-refractivity contribution in [3.8, 4) is 17.6 Å². The molecule has 1 aliphatic carbocycles. The average molecular weight is 363 g/mol. The molecule has 0 bridgehead atoms. The Morgan fingerprint density at radius 2 is 1.70 bits per heavy atom. The molecule has 0 aliphatic heterocycles. The van der Waals surface area contributed by atoms with Gasteiger partial charge in [0.1, 0.15) is 5.75 Å². The molecule has 0 spiro atoms. The zero-order valence-electron chi connectivity index (χ0n) is 16.2. The first-order valence-electron chi connectivity index (χ1n) is 10.1. The molecular formula is C25H30O2. The van der Waals surface area contributed by atoms with Crippen LogP contribution in [0.5, 0.6) is 5.75 Å². The maximum atomic E-state index is 10.2. The van der Waals surface area contributed by atoms with Gasteiger partial charge in [-0.1, -0.05) is 74.3 Å². The van der Waals surface area contributed by atoms with E-state index in [1.165, 1.54) is 32.1 Å². The van der Waals surface area contributed by atoms with Crippen LogP contribution in [0.4, 0.5) is 0 Å². The van der Waals surface area contributed by atoms with Gasteiger partial charge in [-0.15, -0.1) is 0 Å². The lowest BCUT2D eigenvalue weighted by Crippen LogP contribution is -2.21. The van der Waals surface area contributed by atoms with Crippen LogP contribution in [0.25, 0.3) is 0 Å². The summed E-state index contributed by atoms with van der Waals surface area (Å²) < 4.78 is 5.30. The first-order chi connectivity index (χ1) is 13.3. The van der Waals surface area contributed by atoms with Gasteiger partial charge in [-0.25, -0.2) is 0 Å². The summed E-state index contributed by atoms with van der Waals surface area (Å²) in [6.07, 6.45) is 7.64. The van der Waals surface area contributed by atoms with Crippen molar-refractivity contribution in [1.82, 2.24) is 0 Å². The highest BCUT2D eigenvalue weighted by Gasteiger charge is 2.25. The highest BCUT2D eigenvalue weighted by atomic mass is 16.5. The fourth-order valence-electron chi connectivity index (χ4n) is 4.13. The van der Waals surface area contributed by atoms with Crippen LogP contribution in [0.1, 0.15) is 55.6 Å². The third-order valence-corrected chi connectivity index (χ3v) is 5.69. The standard InChI is InChI=1S/C25H30O2/c1-27-24-15-13-22(14-16-24)25(17-12-20-8-4-2-5-9-20)23(19-26)18-21-10-6-3-7-11-21/h2,4-5,8-9,13-16,21,23,25-26H,3,6-7,10-11,18-19H2,1H3/t23-,25-/m0/s1. The minimum atomic E-state index is 0.0306. The van der Waals surface area contributed by atoms with Gasteiger partial charge in [-0.05, 0) is 42.2 Å². The number of hydrogen-bond acceptors (Lipinski definition) is 2. The summed E-state index contributed by atoms with van der Waals surface area (Å²) in [5.41, 5.74) is 2.18. The smallest absolute Gasteiger partial charge is 0.118 e. The summed E-state index contributed by atoms with van der Waals surface area (Å²) >= 11 is 0. The zero-order chi connectivity index (χ0) is 18.9. The third-order valence-electron chi connectivity index (χ3n) is 5.69. The first-order valence-corrected chi connectivity index (χ1v) is 10.1. The Kier molecular flexibility index (Phi) is 7.36. The number of aliphatic hydroxyl groups excluding tert-OH is 1. The number of benzene rings is 2. The number of rotatable bonds is 6. The molecule has 1 saturated carbocycles. The highest BCUT2D eigenvalue weighted by molar-refractivity contribution is 5.39. The maximum absolute atomic E-state index is 10.2. The molecule has 1 N–H and O–H groups in total. The molecular weight excluding hydrogens is 332 g/mol. The number of aliphatic hydroxyl groups is 1. The quantitative estimate of drug-likeness (QED) is 0.696. The monoisotopic (exact) mass is 362 g/mol. The maximum Gasteiger partial charge on any atom is 0.118 e. The van der Waals surface area contributed by atoms with Crippen molar-refractivity contribution in [2.45, 2.75) is 44.4 Å². The third kappa shape index (κ3) is 5.62. The van der Waals surface area contributed by atoms with E-state index in [0.29, 0.717) is 0 Å². The van der Waals surface area contributed by atoms with E-state index in [0.717, 1.165) is 29.2 Å². The van der Waals surface area contributed by atoms with Crippen molar-refractivity contribution in [1.29, 1.82) is 0 Å². The second-order valence-electron chi connectivity index (χ2n) is 7.57. The Bertz CT molecular complexity index is 733. The van der Waals surface area contributed by atoms with Crippen LogP contribution < -0.4 is 4.74 Å². The van der Waals surface area contributed by atoms with Crippen molar-refractivity contribution in [3.05, 3.63) is 65.7 Å². The van der Waals surface area contributed by atoms with Crippen molar-refractivity contribution >= 4 is 0 Å². The fraction of sp³-hybridized carbons (Fsp3) is 0.440. The Morgan fingerprint density at radius 1 is 1.00 bits per heavy atom. The molecule has 0 saturated heterocycles. The van der Waals surface area contributed by atoms with Gasteiger partial charge in [0.15, 0.2) is 0 Å². The summed E-state index contributed by atoms with van der Waals surface area (Å²) in [7, 11) is 1.68. The number of ether oxygens (including phenoxy) is 1. The Labute approximate surface area is 163 Å². The van der Waals surface area contributed by atoms with Crippen LogP contribution >= 0.6 is 0 Å². The lowest BCUT2D eigenvalue weighted by Gasteiger charge is -2.29. The van der Waals surface area contributed by atoms with Crippen molar-refractivity contribution in [3.63, 3.8) is 0 Å². The van der Waals surface area contributed by atoms with Gasteiger partial charge in [-0.3, -0.25) is 0 Å². The van der Waals surface area contributed by atoms with Crippen LogP contribution in [-0.4, -0.2) is 18.8 Å². The van der Waals surface area contributed by atoms with Gasteiger partial charge in [-0.2, -0.15) is 0 Å². The Hall–Kier alpha value is -2.24. The lowest BCUT2D eigenvalue weighted by molar-refractivity contribution is 0.176. The molecule has 3 rings (SSSR count). The molecule has 0 radical (unpaired) electrons. The van der Waals surface area contributed by atoms with Crippen LogP contribution in [0.3, 0.4) is 0 Å². The summed E-state index contributed by atoms with van der Waals surface area (Å²) in [5.74, 6) is 8.57. The minimum absolute atomic E-state index is 0.0306. The summed E-state index contributed by atoms with van der Waals surface area (Å²) in [5, 5.41) is 10.2. The molecule has 1 aliphatic rings. The fourth-order valence-corrected chi connectivity index (χ4v) is 4.13. The molecule has 142 valence electrons. The molecule has 2 atom stereocenters. The van der Waals surface area contributed by atoms with Gasteiger partial charge >= 0.3 is 0 Å². The van der Waals surface area contributed by atoms with Gasteiger partial charge in [0.25, 0.3) is 0 Å². The molecule has 0 unspecified atom stereocenters. The van der Waals surface area contributed by atoms with Crippen molar-refractivity contribution in [2.75, 3.05) is 13.7 Å². The topological polar surface area (TPSA) is 29.5 Å². The van der Waals surface area contributed by atoms with E-state index in [1.807, 2.05) is 42.5 Å². The average Bonchev–Trinajstić information content (AvgIpc) is 2.75. The van der Waals surface area contributed by atoms with Gasteiger partial charge in [0.2, 0.25) is 0 Å². The van der Waals surface area contributed by atoms with Gasteiger partial charge < -0.3 is 9.84 Å². The highest BCUT2D eigenvalue weighted by Crippen LogP contribution is 2.35. The van der Waals surface area contributed by atoms with E-state index in [-0.39, 0.29) is 18.4 Å². The Morgan fingerprint density at radius 3 is 2.33 bits per heavy atom. The number of methoxy groups -OCH3 is 1. The van der Waals surface area contributed by atoms with Crippen LogP contribution in [0, 0.1) is 23.7 Å². The predicted octanol–water partition coefficient (Wildman–Crippen LogP) is 5.41. The van der Waals surface area contributed by atoms with E-state index in [9.17, 15) is 5.11 Å². The van der Waals surface area contributed by atoms with Crippen molar-refractivity contribution < 1.29 is 9.84 Å². The molecule has 27 heavy (non-hydrogen) atoms. The molecule has 1 fully saturated rings. The van der Waals surface area contributed by atoms with Crippen molar-refractivity contribution in [2.24, 2.45) is 11.8 Å². The molecule has 2 aromatic carbocycles. The second-order valence-corrected chi connectivity index (χ2v) is 7.57. The largest absolute Gasteiger partial charge is 0.497 e. The van der Waals surface area contributed by atoms with E-state index < -0.39 is 0 Å². The van der Waals surface area contributed by atoms with E-state index >= 15 is 0 Å². The summed E-state index contributed by atoms with van der Waals surface area (Å²) in [4.78, 5) is 0. The second kappa shape index (κ2) is 10.2. The van der Waals surface area contributed by atoms with E-state index in [4.69, 9.17) is 4.74 Å². The zero-order valence-corrected chi connectivity index (χ0v) is 16.2. The Balaban J connectivity index is 1.85. The molecule has 0 amide bonds. The van der Waals surface area contributed by atoms with Gasteiger partial charge in [0, 0.05) is 18.1 Å². The molecule has 2 heteroatoms. The number of hydrogen-bond donors (Lipinski definition) is 1. The first kappa shape index (κ1) is 19.5. The summed E-state index contributed by atoms with van der Waals surface area (Å²) in [6.45, 7) is 0.177. The van der Waals surface area contributed by atoms with E-state index in [2.05, 4.69) is 24.0 Å².